The molecule has 0 saturated carbocycles. The van der Waals surface area contributed by atoms with Gasteiger partial charge in [-0.3, -0.25) is 19.2 Å². The summed E-state index contributed by atoms with van der Waals surface area (Å²) in [7, 11) is 0. The van der Waals surface area contributed by atoms with Gasteiger partial charge in [0.25, 0.3) is 0 Å². The summed E-state index contributed by atoms with van der Waals surface area (Å²) in [6.45, 7) is 0.829. The maximum atomic E-state index is 11.2. The van der Waals surface area contributed by atoms with Crippen LogP contribution in [-0.2, 0) is 19.2 Å². The first-order chi connectivity index (χ1) is 7.47. The van der Waals surface area contributed by atoms with Gasteiger partial charge in [0, 0.05) is 0 Å². The Morgan fingerprint density at radius 2 is 2.00 bits per heavy atom. The summed E-state index contributed by atoms with van der Waals surface area (Å²) >= 11 is 0.734. The Hall–Kier alpha value is -1.57. The zero-order chi connectivity index (χ0) is 12.6. The molecule has 16 heavy (non-hydrogen) atoms. The Bertz CT molecular complexity index is 294. The number of amides is 2. The molecule has 8 heteroatoms. The average molecular weight is 248 g/mol. The Morgan fingerprint density at radius 3 is 2.50 bits per heavy atom. The summed E-state index contributed by atoms with van der Waals surface area (Å²) < 4.78 is 0. The molecule has 2 amide bonds. The lowest BCUT2D eigenvalue weighted by molar-refractivity contribution is -0.137. The van der Waals surface area contributed by atoms with Crippen LogP contribution >= 0.6 is 11.8 Å². The molecule has 0 spiro atoms. The van der Waals surface area contributed by atoms with Gasteiger partial charge in [0.1, 0.15) is 6.54 Å². The van der Waals surface area contributed by atoms with E-state index in [4.69, 9.17) is 5.11 Å². The molecule has 7 nitrogen and oxygen atoms in total. The number of rotatable bonds is 7. The van der Waals surface area contributed by atoms with E-state index in [9.17, 15) is 19.2 Å². The van der Waals surface area contributed by atoms with Gasteiger partial charge < -0.3 is 15.7 Å². The summed E-state index contributed by atoms with van der Waals surface area (Å²) in [5.74, 6) is -1.69. The largest absolute Gasteiger partial charge is 0.480 e. The van der Waals surface area contributed by atoms with Crippen LogP contribution in [0, 0.1) is 0 Å². The van der Waals surface area contributed by atoms with Gasteiger partial charge >= 0.3 is 5.97 Å². The van der Waals surface area contributed by atoms with Gasteiger partial charge in [-0.1, -0.05) is 11.8 Å². The van der Waals surface area contributed by atoms with Crippen LogP contribution in [0.2, 0.25) is 0 Å². The number of carbonyl (C=O) groups excluding carboxylic acids is 3. The normalized spacial score (nSPS) is 11.3. The number of hydrogen-bond acceptors (Lipinski definition) is 5. The minimum absolute atomic E-state index is 0.162. The molecule has 3 N–H and O–H groups in total. The predicted molar refractivity (Wildman–Crippen MR) is 56.8 cm³/mol. The zero-order valence-corrected chi connectivity index (χ0v) is 9.37. The van der Waals surface area contributed by atoms with E-state index < -0.39 is 23.7 Å². The second-order valence-electron chi connectivity index (χ2n) is 2.74. The first kappa shape index (κ1) is 14.4. The maximum Gasteiger partial charge on any atom is 0.322 e. The molecule has 0 saturated heterocycles. The third-order valence-electron chi connectivity index (χ3n) is 1.42. The molecule has 0 aromatic heterocycles. The number of aliphatic carboxylic acids is 1. The van der Waals surface area contributed by atoms with Gasteiger partial charge in [-0.2, -0.15) is 0 Å². The molecule has 0 fully saturated rings. The molecule has 0 heterocycles. The summed E-state index contributed by atoms with van der Waals surface area (Å²) in [5.41, 5.74) is 0. The van der Waals surface area contributed by atoms with E-state index in [-0.39, 0.29) is 11.7 Å². The van der Waals surface area contributed by atoms with Crippen LogP contribution in [0.5, 0.6) is 0 Å². The maximum absolute atomic E-state index is 11.2. The summed E-state index contributed by atoms with van der Waals surface area (Å²) in [6.07, 6.45) is 0.383. The van der Waals surface area contributed by atoms with Crippen LogP contribution in [0.4, 0.5) is 0 Å². The van der Waals surface area contributed by atoms with Crippen molar-refractivity contribution in [1.29, 1.82) is 0 Å². The minimum atomic E-state index is -1.15. The zero-order valence-electron chi connectivity index (χ0n) is 8.56. The van der Waals surface area contributed by atoms with Crippen molar-refractivity contribution in [1.82, 2.24) is 10.6 Å². The van der Waals surface area contributed by atoms with Crippen LogP contribution in [0.1, 0.15) is 6.92 Å². The number of thioether (sulfide) groups is 1. The number of hydrogen-bond donors (Lipinski definition) is 3. The molecular formula is C8H12N2O5S. The van der Waals surface area contributed by atoms with Crippen LogP contribution in [0.3, 0.4) is 0 Å². The van der Waals surface area contributed by atoms with Crippen molar-refractivity contribution in [3.8, 4) is 0 Å². The Labute approximate surface area is 96.0 Å². The molecular weight excluding hydrogens is 236 g/mol. The average Bonchev–Trinajstić information content (AvgIpc) is 2.22. The van der Waals surface area contributed by atoms with Gasteiger partial charge in [0.15, 0.2) is 0 Å². The molecule has 0 rings (SSSR count). The van der Waals surface area contributed by atoms with Crippen LogP contribution < -0.4 is 10.6 Å². The highest BCUT2D eigenvalue weighted by atomic mass is 32.2. The van der Waals surface area contributed by atoms with Gasteiger partial charge in [0.05, 0.1) is 11.8 Å². The summed E-state index contributed by atoms with van der Waals surface area (Å²) in [4.78, 5) is 42.4. The Balaban J connectivity index is 3.90. The third-order valence-corrected chi connectivity index (χ3v) is 2.40. The second-order valence-corrected chi connectivity index (χ2v) is 4.14. The van der Waals surface area contributed by atoms with E-state index in [1.165, 1.54) is 6.92 Å². The highest BCUT2D eigenvalue weighted by molar-refractivity contribution is 8.14. The number of nitrogens with one attached hydrogen (secondary N) is 2. The minimum Gasteiger partial charge on any atom is -0.480 e. The first-order valence-corrected chi connectivity index (χ1v) is 5.21. The van der Waals surface area contributed by atoms with Crippen molar-refractivity contribution in [2.45, 2.75) is 12.2 Å². The third kappa shape index (κ3) is 6.82. The van der Waals surface area contributed by atoms with E-state index in [0.717, 1.165) is 11.8 Å². The van der Waals surface area contributed by atoms with E-state index in [0.29, 0.717) is 6.41 Å². The van der Waals surface area contributed by atoms with E-state index in [1.807, 2.05) is 0 Å². The van der Waals surface area contributed by atoms with Crippen molar-refractivity contribution >= 4 is 35.2 Å². The van der Waals surface area contributed by atoms with Gasteiger partial charge in [-0.05, 0) is 6.92 Å². The fraction of sp³-hybridized carbons (Fsp3) is 0.500. The molecule has 1 atom stereocenters. The summed E-state index contributed by atoms with van der Waals surface area (Å²) in [5, 5.41) is 11.5. The lowest BCUT2D eigenvalue weighted by Crippen LogP contribution is -2.36. The first-order valence-electron chi connectivity index (χ1n) is 4.33. The highest BCUT2D eigenvalue weighted by Gasteiger charge is 2.17. The van der Waals surface area contributed by atoms with Crippen LogP contribution in [0.15, 0.2) is 0 Å². The Kier molecular flexibility index (Phi) is 6.93. The molecule has 0 aromatic carbocycles. The van der Waals surface area contributed by atoms with Gasteiger partial charge in [-0.15, -0.1) is 0 Å². The number of carboxylic acid groups (broad SMARTS) is 1. The number of carboxylic acids is 1. The van der Waals surface area contributed by atoms with Crippen molar-refractivity contribution in [2.24, 2.45) is 0 Å². The van der Waals surface area contributed by atoms with Crippen molar-refractivity contribution in [3.05, 3.63) is 0 Å². The van der Waals surface area contributed by atoms with Gasteiger partial charge in [0.2, 0.25) is 17.4 Å². The van der Waals surface area contributed by atoms with Gasteiger partial charge in [-0.25, -0.2) is 0 Å². The standard InChI is InChI=1S/C8H12N2O5S/c1-5(8(15)10-2-6(12)13)16-7(14)3-9-4-11/h4-5H,2-3H2,1H3,(H,9,11)(H,10,15)(H,12,13). The lowest BCUT2D eigenvalue weighted by atomic mass is 10.4. The number of carbonyl (C=O) groups is 4. The predicted octanol–water partition coefficient (Wildman–Crippen LogP) is -1.42. The van der Waals surface area contributed by atoms with Crippen molar-refractivity contribution in [3.63, 3.8) is 0 Å². The van der Waals surface area contributed by atoms with Crippen LogP contribution in [0.25, 0.3) is 0 Å². The lowest BCUT2D eigenvalue weighted by Gasteiger charge is -2.09. The fourth-order valence-electron chi connectivity index (χ4n) is 0.724. The van der Waals surface area contributed by atoms with E-state index in [1.54, 1.807) is 0 Å². The second kappa shape index (κ2) is 7.69. The SMILES string of the molecule is CC(SC(=O)CNC=O)C(=O)NCC(=O)O. The molecule has 0 radical (unpaired) electrons. The molecule has 1 unspecified atom stereocenters. The van der Waals surface area contributed by atoms with Crippen molar-refractivity contribution < 1.29 is 24.3 Å². The topological polar surface area (TPSA) is 113 Å². The van der Waals surface area contributed by atoms with E-state index >= 15 is 0 Å². The highest BCUT2D eigenvalue weighted by Crippen LogP contribution is 2.10. The molecule has 0 aromatic rings. The van der Waals surface area contributed by atoms with Crippen molar-refractivity contribution in [2.75, 3.05) is 13.1 Å². The Morgan fingerprint density at radius 1 is 1.38 bits per heavy atom. The fourth-order valence-corrected chi connectivity index (χ4v) is 1.48. The molecule has 0 aliphatic heterocycles. The van der Waals surface area contributed by atoms with E-state index in [2.05, 4.69) is 10.6 Å². The van der Waals surface area contributed by atoms with Crippen LogP contribution in [-0.4, -0.2) is 46.8 Å². The molecule has 0 aliphatic carbocycles. The monoisotopic (exact) mass is 248 g/mol. The molecule has 0 bridgehead atoms. The molecule has 90 valence electrons. The summed E-state index contributed by atoms with van der Waals surface area (Å²) in [6, 6.07) is 0. The smallest absolute Gasteiger partial charge is 0.322 e. The quantitative estimate of drug-likeness (QED) is 0.477. The molecule has 0 aliphatic rings.